The first-order chi connectivity index (χ1) is 7.27. The summed E-state index contributed by atoms with van der Waals surface area (Å²) in [5, 5.41) is 3.65. The molecule has 1 N–H and O–H groups in total. The van der Waals surface area contributed by atoms with E-state index >= 15 is 0 Å². The molecule has 4 nitrogen and oxygen atoms in total. The van der Waals surface area contributed by atoms with Gasteiger partial charge < -0.3 is 4.74 Å². The number of rotatable bonds is 4. The summed E-state index contributed by atoms with van der Waals surface area (Å²) in [6.45, 7) is 4.26. The van der Waals surface area contributed by atoms with Crippen LogP contribution in [0.15, 0.2) is 29.4 Å². The maximum atomic E-state index is 11.4. The van der Waals surface area contributed by atoms with Crippen molar-refractivity contribution in [2.45, 2.75) is 13.8 Å². The van der Waals surface area contributed by atoms with Gasteiger partial charge in [0.1, 0.15) is 5.75 Å². The number of hydrazone groups is 1. The zero-order valence-corrected chi connectivity index (χ0v) is 8.86. The molecule has 0 spiro atoms. The first kappa shape index (κ1) is 11.2. The van der Waals surface area contributed by atoms with E-state index in [0.29, 0.717) is 12.2 Å². The van der Waals surface area contributed by atoms with Crippen molar-refractivity contribution < 1.29 is 9.53 Å². The molecule has 1 aromatic carbocycles. The van der Waals surface area contributed by atoms with Crippen LogP contribution in [0.1, 0.15) is 24.2 Å². The Morgan fingerprint density at radius 3 is 2.67 bits per heavy atom. The summed E-state index contributed by atoms with van der Waals surface area (Å²) in [4.78, 5) is 11.4. The van der Waals surface area contributed by atoms with Crippen LogP contribution in [0.2, 0.25) is 0 Å². The molecule has 0 aliphatic heterocycles. The molecule has 0 fully saturated rings. The normalized spacial score (nSPS) is 10.3. The van der Waals surface area contributed by atoms with Crippen molar-refractivity contribution in [1.82, 2.24) is 5.43 Å². The van der Waals surface area contributed by atoms with E-state index < -0.39 is 0 Å². The van der Waals surface area contributed by atoms with E-state index in [2.05, 4.69) is 10.5 Å². The minimum atomic E-state index is -0.226. The Bertz CT molecular complexity index is 344. The van der Waals surface area contributed by atoms with Gasteiger partial charge in [0.25, 0.3) is 5.91 Å². The number of nitrogens with zero attached hydrogens (tertiary/aromatic N) is 1. The lowest BCUT2D eigenvalue weighted by Gasteiger charge is -2.03. The molecule has 0 unspecified atom stereocenters. The zero-order valence-electron chi connectivity index (χ0n) is 8.86. The van der Waals surface area contributed by atoms with E-state index in [4.69, 9.17) is 4.74 Å². The molecule has 0 aliphatic rings. The lowest BCUT2D eigenvalue weighted by Crippen LogP contribution is -2.17. The van der Waals surface area contributed by atoms with E-state index in [9.17, 15) is 4.79 Å². The van der Waals surface area contributed by atoms with Crippen molar-refractivity contribution in [1.29, 1.82) is 0 Å². The molecule has 0 aliphatic carbocycles. The third kappa shape index (κ3) is 3.42. The SMILES string of the molecule is C/C=N/NC(=O)c1ccc(OCC)cc1. The average Bonchev–Trinajstić information content (AvgIpc) is 2.27. The average molecular weight is 206 g/mol. The number of amides is 1. The van der Waals surface area contributed by atoms with Gasteiger partial charge in [0.2, 0.25) is 0 Å². The predicted octanol–water partition coefficient (Wildman–Crippen LogP) is 1.82. The van der Waals surface area contributed by atoms with E-state index in [1.54, 1.807) is 31.2 Å². The van der Waals surface area contributed by atoms with Crippen molar-refractivity contribution in [2.24, 2.45) is 5.10 Å². The number of nitrogens with one attached hydrogen (secondary N) is 1. The number of hydrogen-bond donors (Lipinski definition) is 1. The Morgan fingerprint density at radius 2 is 2.13 bits per heavy atom. The van der Waals surface area contributed by atoms with Crippen LogP contribution in [-0.4, -0.2) is 18.7 Å². The highest BCUT2D eigenvalue weighted by atomic mass is 16.5. The summed E-state index contributed by atoms with van der Waals surface area (Å²) in [5.41, 5.74) is 2.95. The standard InChI is InChI=1S/C11H14N2O2/c1-3-12-13-11(14)9-5-7-10(8-6-9)15-4-2/h3,5-8H,4H2,1-2H3,(H,13,14)/b12-3+. The van der Waals surface area contributed by atoms with Crippen LogP contribution in [0.25, 0.3) is 0 Å². The summed E-state index contributed by atoms with van der Waals surface area (Å²) >= 11 is 0. The summed E-state index contributed by atoms with van der Waals surface area (Å²) in [7, 11) is 0. The van der Waals surface area contributed by atoms with E-state index in [0.717, 1.165) is 5.75 Å². The van der Waals surface area contributed by atoms with Gasteiger partial charge in [-0.05, 0) is 38.1 Å². The first-order valence-electron chi connectivity index (χ1n) is 4.78. The minimum Gasteiger partial charge on any atom is -0.494 e. The van der Waals surface area contributed by atoms with Crippen molar-refractivity contribution in [3.63, 3.8) is 0 Å². The van der Waals surface area contributed by atoms with Gasteiger partial charge in [0.05, 0.1) is 6.61 Å². The van der Waals surface area contributed by atoms with Crippen LogP contribution in [-0.2, 0) is 0 Å². The highest BCUT2D eigenvalue weighted by Crippen LogP contribution is 2.11. The Hall–Kier alpha value is -1.84. The topological polar surface area (TPSA) is 50.7 Å². The summed E-state index contributed by atoms with van der Waals surface area (Å²) in [6, 6.07) is 6.92. The van der Waals surface area contributed by atoms with Crippen LogP contribution in [0.5, 0.6) is 5.75 Å². The molecular formula is C11H14N2O2. The molecule has 1 amide bonds. The molecule has 0 saturated carbocycles. The van der Waals surface area contributed by atoms with Crippen molar-refractivity contribution in [3.05, 3.63) is 29.8 Å². The summed E-state index contributed by atoms with van der Waals surface area (Å²) < 4.78 is 5.26. The fraction of sp³-hybridized carbons (Fsp3) is 0.273. The number of hydrogen-bond acceptors (Lipinski definition) is 3. The summed E-state index contributed by atoms with van der Waals surface area (Å²) in [5.74, 6) is 0.532. The van der Waals surface area contributed by atoms with Crippen LogP contribution in [0.4, 0.5) is 0 Å². The molecule has 1 rings (SSSR count). The molecule has 0 radical (unpaired) electrons. The molecule has 80 valence electrons. The lowest BCUT2D eigenvalue weighted by molar-refractivity contribution is 0.0955. The van der Waals surface area contributed by atoms with E-state index in [1.165, 1.54) is 6.21 Å². The fourth-order valence-corrected chi connectivity index (χ4v) is 1.06. The van der Waals surface area contributed by atoms with Crippen LogP contribution in [0.3, 0.4) is 0 Å². The largest absolute Gasteiger partial charge is 0.494 e. The Morgan fingerprint density at radius 1 is 1.47 bits per heavy atom. The van der Waals surface area contributed by atoms with Gasteiger partial charge in [-0.15, -0.1) is 0 Å². The molecule has 0 aromatic heterocycles. The molecule has 0 heterocycles. The van der Waals surface area contributed by atoms with Crippen LogP contribution in [0, 0.1) is 0 Å². The second kappa shape index (κ2) is 5.80. The molecular weight excluding hydrogens is 192 g/mol. The van der Waals surface area contributed by atoms with Crippen molar-refractivity contribution in [3.8, 4) is 5.75 Å². The molecule has 0 atom stereocenters. The van der Waals surface area contributed by atoms with Gasteiger partial charge in [-0.1, -0.05) is 0 Å². The number of carbonyl (C=O) groups is 1. The smallest absolute Gasteiger partial charge is 0.271 e. The van der Waals surface area contributed by atoms with Gasteiger partial charge in [0, 0.05) is 11.8 Å². The van der Waals surface area contributed by atoms with Crippen LogP contribution >= 0.6 is 0 Å². The predicted molar refractivity (Wildman–Crippen MR) is 59.2 cm³/mol. The second-order valence-electron chi connectivity index (χ2n) is 2.79. The molecule has 15 heavy (non-hydrogen) atoms. The highest BCUT2D eigenvalue weighted by Gasteiger charge is 2.03. The third-order valence-electron chi connectivity index (χ3n) is 1.72. The zero-order chi connectivity index (χ0) is 11.1. The van der Waals surface area contributed by atoms with E-state index in [-0.39, 0.29) is 5.91 Å². The van der Waals surface area contributed by atoms with Gasteiger partial charge in [-0.2, -0.15) is 5.10 Å². The summed E-state index contributed by atoms with van der Waals surface area (Å²) in [6.07, 6.45) is 1.52. The molecule has 4 heteroatoms. The monoisotopic (exact) mass is 206 g/mol. The second-order valence-corrected chi connectivity index (χ2v) is 2.79. The quantitative estimate of drug-likeness (QED) is 0.603. The first-order valence-corrected chi connectivity index (χ1v) is 4.78. The Labute approximate surface area is 88.9 Å². The number of carbonyl (C=O) groups excluding carboxylic acids is 1. The maximum absolute atomic E-state index is 11.4. The van der Waals surface area contributed by atoms with Gasteiger partial charge in [-0.25, -0.2) is 5.43 Å². The Kier molecular flexibility index (Phi) is 4.34. The molecule has 1 aromatic rings. The lowest BCUT2D eigenvalue weighted by atomic mass is 10.2. The maximum Gasteiger partial charge on any atom is 0.271 e. The van der Waals surface area contributed by atoms with Crippen molar-refractivity contribution >= 4 is 12.1 Å². The van der Waals surface area contributed by atoms with Crippen molar-refractivity contribution in [2.75, 3.05) is 6.61 Å². The fourth-order valence-electron chi connectivity index (χ4n) is 1.06. The van der Waals surface area contributed by atoms with E-state index in [1.807, 2.05) is 6.92 Å². The molecule has 0 bridgehead atoms. The number of ether oxygens (including phenoxy) is 1. The minimum absolute atomic E-state index is 0.226. The highest BCUT2D eigenvalue weighted by molar-refractivity contribution is 5.94. The third-order valence-corrected chi connectivity index (χ3v) is 1.72. The Balaban J connectivity index is 2.66. The van der Waals surface area contributed by atoms with Gasteiger partial charge >= 0.3 is 0 Å². The number of benzene rings is 1. The van der Waals surface area contributed by atoms with Gasteiger partial charge in [-0.3, -0.25) is 4.79 Å². The molecule has 0 saturated heterocycles. The van der Waals surface area contributed by atoms with Crippen LogP contribution < -0.4 is 10.2 Å². The van der Waals surface area contributed by atoms with Gasteiger partial charge in [0.15, 0.2) is 0 Å².